The Bertz CT molecular complexity index is 1300. The molecule has 146 valence electrons. The molecule has 0 saturated heterocycles. The van der Waals surface area contributed by atoms with Gasteiger partial charge in [0.1, 0.15) is 5.82 Å². The molecule has 0 aliphatic carbocycles. The maximum absolute atomic E-state index is 12.6. The molecule has 0 bridgehead atoms. The zero-order valence-corrected chi connectivity index (χ0v) is 16.7. The van der Waals surface area contributed by atoms with E-state index < -0.39 is 10.0 Å². The molecule has 0 saturated carbocycles. The highest BCUT2D eigenvalue weighted by Gasteiger charge is 2.16. The third-order valence-electron chi connectivity index (χ3n) is 4.02. The first-order valence-corrected chi connectivity index (χ1v) is 10.4. The lowest BCUT2D eigenvalue weighted by molar-refractivity contribution is 0.601. The number of nitrogens with one attached hydrogen (secondary N) is 2. The van der Waals surface area contributed by atoms with Gasteiger partial charge in [-0.1, -0.05) is 12.1 Å². The van der Waals surface area contributed by atoms with E-state index in [-0.39, 0.29) is 16.1 Å². The molecule has 0 unspecified atom stereocenters. The minimum Gasteiger partial charge on any atom is -0.340 e. The largest absolute Gasteiger partial charge is 0.340 e. The number of para-hydroxylation sites is 1. The zero-order chi connectivity index (χ0) is 20.4. The summed E-state index contributed by atoms with van der Waals surface area (Å²) >= 11 is 6.00. The lowest BCUT2D eigenvalue weighted by Crippen LogP contribution is -2.15. The fraction of sp³-hybridized carbons (Fsp3) is 0.0526. The first-order chi connectivity index (χ1) is 13.9. The van der Waals surface area contributed by atoms with E-state index in [9.17, 15) is 8.42 Å². The average Bonchev–Trinajstić information content (AvgIpc) is 2.68. The molecule has 0 amide bonds. The van der Waals surface area contributed by atoms with Crippen molar-refractivity contribution in [2.24, 2.45) is 0 Å². The minimum absolute atomic E-state index is 0.0225. The van der Waals surface area contributed by atoms with Gasteiger partial charge in [-0.2, -0.15) is 4.98 Å². The van der Waals surface area contributed by atoms with Crippen LogP contribution in [-0.2, 0) is 10.0 Å². The van der Waals surface area contributed by atoms with E-state index in [1.54, 1.807) is 25.1 Å². The Morgan fingerprint density at radius 2 is 1.69 bits per heavy atom. The summed E-state index contributed by atoms with van der Waals surface area (Å²) in [4.78, 5) is 16.5. The lowest BCUT2D eigenvalue weighted by atomic mass is 10.2. The van der Waals surface area contributed by atoms with Gasteiger partial charge >= 0.3 is 0 Å². The highest BCUT2D eigenvalue weighted by atomic mass is 35.5. The smallest absolute Gasteiger partial charge is 0.264 e. The summed E-state index contributed by atoms with van der Waals surface area (Å²) in [6.45, 7) is 1.75. The molecule has 0 atom stereocenters. The van der Waals surface area contributed by atoms with E-state index in [1.807, 2.05) is 24.3 Å². The molecule has 0 radical (unpaired) electrons. The maximum Gasteiger partial charge on any atom is 0.264 e. The van der Waals surface area contributed by atoms with Gasteiger partial charge in [0, 0.05) is 23.0 Å². The van der Waals surface area contributed by atoms with Crippen molar-refractivity contribution < 1.29 is 8.42 Å². The molecule has 2 aromatic carbocycles. The Hall–Kier alpha value is -3.30. The molecule has 8 nitrogen and oxygen atoms in total. The van der Waals surface area contributed by atoms with Crippen molar-refractivity contribution in [1.82, 2.24) is 19.9 Å². The molecule has 10 heteroatoms. The van der Waals surface area contributed by atoms with Crippen molar-refractivity contribution >= 4 is 50.0 Å². The Balaban J connectivity index is 1.58. The topological polar surface area (TPSA) is 110 Å². The second-order valence-electron chi connectivity index (χ2n) is 6.13. The summed E-state index contributed by atoms with van der Waals surface area (Å²) in [6.07, 6.45) is 1.49. The normalized spacial score (nSPS) is 11.4. The second-order valence-corrected chi connectivity index (χ2v) is 8.16. The van der Waals surface area contributed by atoms with E-state index in [0.29, 0.717) is 22.7 Å². The number of halogens is 1. The molecule has 2 aromatic heterocycles. The number of fused-ring (bicyclic) bond motifs is 1. The average molecular weight is 427 g/mol. The van der Waals surface area contributed by atoms with Gasteiger partial charge in [0.2, 0.25) is 11.2 Å². The molecular formula is C19H15ClN6O2S. The predicted octanol–water partition coefficient (Wildman–Crippen LogP) is 3.93. The van der Waals surface area contributed by atoms with Crippen LogP contribution in [0.1, 0.15) is 5.69 Å². The van der Waals surface area contributed by atoms with E-state index in [1.165, 1.54) is 18.3 Å². The molecule has 0 fully saturated rings. The van der Waals surface area contributed by atoms with E-state index >= 15 is 0 Å². The molecule has 4 rings (SSSR count). The van der Waals surface area contributed by atoms with Crippen LogP contribution in [0.25, 0.3) is 10.9 Å². The molecule has 0 spiro atoms. The SMILES string of the molecule is Cc1ccnc(NS(=O)(=O)c2ccc(Nc3nc(Cl)nc4ccccc34)cc2)n1. The molecule has 29 heavy (non-hydrogen) atoms. The number of hydrogen-bond acceptors (Lipinski definition) is 7. The van der Waals surface area contributed by atoms with E-state index in [4.69, 9.17) is 11.6 Å². The van der Waals surface area contributed by atoms with Gasteiger partial charge in [0.15, 0.2) is 0 Å². The molecule has 0 aliphatic rings. The van der Waals surface area contributed by atoms with Crippen molar-refractivity contribution in [3.63, 3.8) is 0 Å². The van der Waals surface area contributed by atoms with Crippen molar-refractivity contribution in [2.45, 2.75) is 11.8 Å². The van der Waals surface area contributed by atoms with Crippen molar-refractivity contribution in [1.29, 1.82) is 0 Å². The zero-order valence-electron chi connectivity index (χ0n) is 15.2. The predicted molar refractivity (Wildman–Crippen MR) is 112 cm³/mol. The van der Waals surface area contributed by atoms with Crippen LogP contribution in [0.5, 0.6) is 0 Å². The van der Waals surface area contributed by atoms with Gasteiger partial charge < -0.3 is 5.32 Å². The summed E-state index contributed by atoms with van der Waals surface area (Å²) in [5.41, 5.74) is 2.01. The first-order valence-electron chi connectivity index (χ1n) is 8.52. The van der Waals surface area contributed by atoms with Crippen LogP contribution >= 0.6 is 11.6 Å². The highest BCUT2D eigenvalue weighted by molar-refractivity contribution is 7.92. The maximum atomic E-state index is 12.6. The fourth-order valence-electron chi connectivity index (χ4n) is 2.67. The summed E-state index contributed by atoms with van der Waals surface area (Å²) in [5, 5.41) is 4.06. The van der Waals surface area contributed by atoms with Crippen LogP contribution in [0.3, 0.4) is 0 Å². The number of rotatable bonds is 5. The summed E-state index contributed by atoms with van der Waals surface area (Å²) in [5.74, 6) is 0.553. The summed E-state index contributed by atoms with van der Waals surface area (Å²) < 4.78 is 27.5. The third kappa shape index (κ3) is 4.25. The van der Waals surface area contributed by atoms with Crippen molar-refractivity contribution in [3.05, 3.63) is 71.8 Å². The molecule has 0 aliphatic heterocycles. The van der Waals surface area contributed by atoms with Crippen LogP contribution in [0.2, 0.25) is 5.28 Å². The van der Waals surface area contributed by atoms with Crippen molar-refractivity contribution in [3.8, 4) is 0 Å². The van der Waals surface area contributed by atoms with Crippen LogP contribution in [0.4, 0.5) is 17.5 Å². The Morgan fingerprint density at radius 3 is 2.45 bits per heavy atom. The Morgan fingerprint density at radius 1 is 0.931 bits per heavy atom. The highest BCUT2D eigenvalue weighted by Crippen LogP contribution is 2.26. The number of benzene rings is 2. The molecule has 2 N–H and O–H groups in total. The Labute approximate surface area is 172 Å². The van der Waals surface area contributed by atoms with Gasteiger partial charge in [-0.25, -0.2) is 28.1 Å². The number of hydrogen-bond donors (Lipinski definition) is 2. The number of aryl methyl sites for hydroxylation is 1. The lowest BCUT2D eigenvalue weighted by Gasteiger charge is -2.10. The quantitative estimate of drug-likeness (QED) is 0.465. The van der Waals surface area contributed by atoms with E-state index in [0.717, 1.165) is 5.39 Å². The molecule has 2 heterocycles. The standard InChI is InChI=1S/C19H15ClN6O2S/c1-12-10-11-21-19(22-12)26-29(27,28)14-8-6-13(7-9-14)23-17-15-4-2-3-5-16(15)24-18(20)25-17/h2-11H,1H3,(H,21,22,26)(H,23,24,25). The van der Waals surface area contributed by atoms with Crippen LogP contribution < -0.4 is 10.0 Å². The minimum atomic E-state index is -3.81. The van der Waals surface area contributed by atoms with Crippen LogP contribution in [-0.4, -0.2) is 28.4 Å². The van der Waals surface area contributed by atoms with Gasteiger partial charge in [0.25, 0.3) is 10.0 Å². The first kappa shape index (κ1) is 19.0. The second kappa shape index (κ2) is 7.61. The van der Waals surface area contributed by atoms with Gasteiger partial charge in [-0.15, -0.1) is 0 Å². The number of nitrogens with zero attached hydrogens (tertiary/aromatic N) is 4. The summed E-state index contributed by atoms with van der Waals surface area (Å²) in [7, 11) is -3.81. The van der Waals surface area contributed by atoms with Crippen molar-refractivity contribution in [2.75, 3.05) is 10.0 Å². The molecule has 4 aromatic rings. The number of sulfonamides is 1. The van der Waals surface area contributed by atoms with Crippen LogP contribution in [0, 0.1) is 6.92 Å². The third-order valence-corrected chi connectivity index (χ3v) is 5.54. The fourth-order valence-corrected chi connectivity index (χ4v) is 3.80. The number of anilines is 3. The Kier molecular flexibility index (Phi) is 4.99. The van der Waals surface area contributed by atoms with E-state index in [2.05, 4.69) is 30.0 Å². The summed E-state index contributed by atoms with van der Waals surface area (Å²) in [6, 6.07) is 15.4. The van der Waals surface area contributed by atoms with Gasteiger partial charge in [-0.05, 0) is 61.0 Å². The van der Waals surface area contributed by atoms with Gasteiger partial charge in [0.05, 0.1) is 10.4 Å². The molecular weight excluding hydrogens is 412 g/mol. The van der Waals surface area contributed by atoms with Crippen LogP contribution in [0.15, 0.2) is 65.7 Å². The van der Waals surface area contributed by atoms with Gasteiger partial charge in [-0.3, -0.25) is 0 Å². The monoisotopic (exact) mass is 426 g/mol. The number of aromatic nitrogens is 4.